The number of nitrogens with zero attached hydrogens (tertiary/aromatic N) is 4. The first-order valence-corrected chi connectivity index (χ1v) is 7.85. The van der Waals surface area contributed by atoms with E-state index in [2.05, 4.69) is 19.5 Å². The van der Waals surface area contributed by atoms with Gasteiger partial charge in [0.25, 0.3) is 0 Å². The minimum Gasteiger partial charge on any atom is -0.394 e. The number of aliphatic hydroxyl groups is 1. The van der Waals surface area contributed by atoms with Crippen molar-refractivity contribution in [2.24, 2.45) is 0 Å². The first-order valence-electron chi connectivity index (χ1n) is 6.32. The first kappa shape index (κ1) is 18.7. The summed E-state index contributed by atoms with van der Waals surface area (Å²) in [4.78, 5) is 29.8. The van der Waals surface area contributed by atoms with E-state index < -0.39 is 32.9 Å². The summed E-state index contributed by atoms with van der Waals surface area (Å²) >= 11 is 0. The summed E-state index contributed by atoms with van der Waals surface area (Å²) in [6.07, 6.45) is 0.368. The van der Waals surface area contributed by atoms with Crippen molar-refractivity contribution in [2.75, 3.05) is 12.3 Å². The van der Waals surface area contributed by atoms with Gasteiger partial charge in [-0.2, -0.15) is 0 Å². The molecule has 3 atom stereocenters. The summed E-state index contributed by atoms with van der Waals surface area (Å²) in [5.41, 5.74) is 6.51. The van der Waals surface area contributed by atoms with E-state index in [1.54, 1.807) is 4.57 Å². The molecule has 1 fully saturated rings. The quantitative estimate of drug-likeness (QED) is 0.386. The van der Waals surface area contributed by atoms with Crippen LogP contribution in [0.25, 0.3) is 11.2 Å². The van der Waals surface area contributed by atoms with Crippen LogP contribution in [-0.2, 0) is 13.8 Å². The molecule has 11 nitrogen and oxygen atoms in total. The van der Waals surface area contributed by atoms with Gasteiger partial charge in [-0.15, -0.1) is 0 Å². The number of imidazole rings is 1. The number of nitrogen functional groups attached to an aromatic ring is 1. The number of aliphatic hydroxyl groups excluding tert-OH is 1. The molecule has 0 unspecified atom stereocenters. The predicted octanol–water partition coefficient (Wildman–Crippen LogP) is -1.21. The normalized spacial score (nSPS) is 24.7. The number of ether oxygens (including phenoxy) is 1. The topological polar surface area (TPSA) is 166 Å². The van der Waals surface area contributed by atoms with E-state index >= 15 is 0 Å². The maximum absolute atomic E-state index is 11.0. The maximum atomic E-state index is 11.0. The molecule has 23 heavy (non-hydrogen) atoms. The molecule has 3 rings (SSSR count). The standard InChI is InChI=1S/C10H14N5O6P.Na/c11-9-8-10(13-3-12-9)15(4-14-8)7-1-5(6(2-16)20-7)21-22(17,18)19;/h3-7,16H,1-2H2,(H2,11,12,13)(H2,17,18,19);/t5-,6+,7+;/m0./s1. The molecule has 1 saturated heterocycles. The second kappa shape index (κ2) is 7.09. The van der Waals surface area contributed by atoms with Crippen LogP contribution in [0.1, 0.15) is 12.6 Å². The van der Waals surface area contributed by atoms with Crippen LogP contribution in [-0.4, -0.2) is 82.8 Å². The van der Waals surface area contributed by atoms with Crippen molar-refractivity contribution >= 4 is 54.4 Å². The number of hydrogen-bond donors (Lipinski definition) is 4. The average Bonchev–Trinajstić information content (AvgIpc) is 3.01. The number of fused-ring (bicyclic) bond motifs is 1. The molecule has 5 N–H and O–H groups in total. The van der Waals surface area contributed by atoms with Gasteiger partial charge in [0.1, 0.15) is 30.3 Å². The molecule has 0 bridgehead atoms. The second-order valence-corrected chi connectivity index (χ2v) is 5.96. The van der Waals surface area contributed by atoms with Crippen molar-refractivity contribution in [1.29, 1.82) is 0 Å². The fourth-order valence-electron chi connectivity index (χ4n) is 2.40. The van der Waals surface area contributed by atoms with Crippen LogP contribution in [0.5, 0.6) is 0 Å². The molecule has 0 amide bonds. The zero-order valence-corrected chi connectivity index (χ0v) is 15.1. The van der Waals surface area contributed by atoms with Crippen LogP contribution in [0.15, 0.2) is 12.7 Å². The van der Waals surface area contributed by atoms with Crippen molar-refractivity contribution < 1.29 is 28.7 Å². The van der Waals surface area contributed by atoms with Crippen molar-refractivity contribution in [1.82, 2.24) is 19.5 Å². The third kappa shape index (κ3) is 3.90. The van der Waals surface area contributed by atoms with Crippen molar-refractivity contribution in [2.45, 2.75) is 24.9 Å². The van der Waals surface area contributed by atoms with Gasteiger partial charge in [-0.1, -0.05) is 0 Å². The molecule has 0 spiro atoms. The summed E-state index contributed by atoms with van der Waals surface area (Å²) in [7, 11) is -4.69. The largest absolute Gasteiger partial charge is 0.469 e. The minimum absolute atomic E-state index is 0. The number of phosphoric ester groups is 1. The predicted molar refractivity (Wildman–Crippen MR) is 78.0 cm³/mol. The maximum Gasteiger partial charge on any atom is 0.469 e. The van der Waals surface area contributed by atoms with Gasteiger partial charge >= 0.3 is 7.82 Å². The number of rotatable bonds is 4. The number of hydrogen-bond acceptors (Lipinski definition) is 8. The Bertz CT molecular complexity index is 738. The molecule has 1 aliphatic rings. The third-order valence-corrected chi connectivity index (χ3v) is 3.88. The third-order valence-electron chi connectivity index (χ3n) is 3.33. The summed E-state index contributed by atoms with van der Waals surface area (Å²) < 4.78 is 22.8. The van der Waals surface area contributed by atoms with Gasteiger partial charge in [0.15, 0.2) is 11.5 Å². The van der Waals surface area contributed by atoms with E-state index in [1.165, 1.54) is 12.7 Å². The average molecular weight is 354 g/mol. The summed E-state index contributed by atoms with van der Waals surface area (Å²) in [6, 6.07) is 0. The van der Waals surface area contributed by atoms with E-state index in [1.807, 2.05) is 0 Å². The van der Waals surface area contributed by atoms with E-state index in [0.29, 0.717) is 11.2 Å². The molecule has 1 radical (unpaired) electrons. The Morgan fingerprint density at radius 3 is 2.83 bits per heavy atom. The molecular formula is C10H14N5NaO6P. The van der Waals surface area contributed by atoms with E-state index in [0.717, 1.165) is 0 Å². The Morgan fingerprint density at radius 2 is 2.17 bits per heavy atom. The molecule has 0 saturated carbocycles. The van der Waals surface area contributed by atoms with Crippen LogP contribution in [0.2, 0.25) is 0 Å². The van der Waals surface area contributed by atoms with Crippen LogP contribution in [0.3, 0.4) is 0 Å². The molecular weight excluding hydrogens is 340 g/mol. The van der Waals surface area contributed by atoms with Crippen LogP contribution < -0.4 is 5.73 Å². The fourth-order valence-corrected chi connectivity index (χ4v) is 2.98. The number of anilines is 1. The van der Waals surface area contributed by atoms with Gasteiger partial charge < -0.3 is 25.4 Å². The SMILES string of the molecule is Nc1ncnc2c1ncn2[C@H]1C[C@H](OP(=O)(O)O)[C@@H](CO)O1.[Na]. The number of phosphoric acid groups is 1. The molecule has 2 aromatic heterocycles. The summed E-state index contributed by atoms with van der Waals surface area (Å²) in [5, 5.41) is 9.28. The van der Waals surface area contributed by atoms with Crippen LogP contribution >= 0.6 is 7.82 Å². The monoisotopic (exact) mass is 354 g/mol. The van der Waals surface area contributed by atoms with Gasteiger partial charge in [0.2, 0.25) is 0 Å². The Balaban J connectivity index is 0.00000192. The zero-order chi connectivity index (χ0) is 15.9. The first-order chi connectivity index (χ1) is 10.4. The number of nitrogens with two attached hydrogens (primary N) is 1. The Kier molecular flexibility index (Phi) is 5.77. The van der Waals surface area contributed by atoms with Crippen molar-refractivity contribution in [3.8, 4) is 0 Å². The molecule has 3 heterocycles. The number of aromatic nitrogens is 4. The van der Waals surface area contributed by atoms with Crippen LogP contribution in [0.4, 0.5) is 5.82 Å². The van der Waals surface area contributed by atoms with Crippen molar-refractivity contribution in [3.63, 3.8) is 0 Å². The van der Waals surface area contributed by atoms with Gasteiger partial charge in [0, 0.05) is 36.0 Å². The van der Waals surface area contributed by atoms with Gasteiger partial charge in [-0.3, -0.25) is 9.09 Å². The Labute approximate surface area is 152 Å². The smallest absolute Gasteiger partial charge is 0.394 e. The second-order valence-electron chi connectivity index (χ2n) is 4.76. The summed E-state index contributed by atoms with van der Waals surface area (Å²) in [6.45, 7) is -0.440. The molecule has 0 aromatic carbocycles. The zero-order valence-electron chi connectivity index (χ0n) is 12.2. The molecule has 121 valence electrons. The van der Waals surface area contributed by atoms with Gasteiger partial charge in [-0.25, -0.2) is 19.5 Å². The Morgan fingerprint density at radius 1 is 1.43 bits per heavy atom. The van der Waals surface area contributed by atoms with E-state index in [-0.39, 0.29) is 41.8 Å². The van der Waals surface area contributed by atoms with Gasteiger partial charge in [0.05, 0.1) is 12.9 Å². The van der Waals surface area contributed by atoms with Gasteiger partial charge in [-0.05, 0) is 0 Å². The van der Waals surface area contributed by atoms with E-state index in [4.69, 9.17) is 20.3 Å². The minimum atomic E-state index is -4.69. The fraction of sp³-hybridized carbons (Fsp3) is 0.500. The molecule has 0 aliphatic carbocycles. The van der Waals surface area contributed by atoms with Crippen LogP contribution in [0, 0.1) is 0 Å². The van der Waals surface area contributed by atoms with Crippen molar-refractivity contribution in [3.05, 3.63) is 12.7 Å². The molecule has 13 heteroatoms. The summed E-state index contributed by atoms with van der Waals surface area (Å²) in [5.74, 6) is 0.212. The Hall–Kier alpha value is -0.620. The van der Waals surface area contributed by atoms with E-state index in [9.17, 15) is 9.67 Å². The molecule has 1 aliphatic heterocycles. The molecule has 2 aromatic rings.